The van der Waals surface area contributed by atoms with E-state index < -0.39 is 0 Å². The van der Waals surface area contributed by atoms with Crippen LogP contribution >= 0.6 is 11.8 Å². The Kier molecular flexibility index (Phi) is 6.18. The Morgan fingerprint density at radius 3 is 2.58 bits per heavy atom. The number of aryl methyl sites for hydroxylation is 1. The topological polar surface area (TPSA) is 79.7 Å². The predicted octanol–water partition coefficient (Wildman–Crippen LogP) is 4.17. The van der Waals surface area contributed by atoms with Crippen molar-refractivity contribution in [3.63, 3.8) is 0 Å². The lowest BCUT2D eigenvalue weighted by Gasteiger charge is -2.19. The zero-order valence-electron chi connectivity index (χ0n) is 17.7. The molecule has 0 atom stereocenters. The number of hydrogen-bond acceptors (Lipinski definition) is 5. The first-order valence-corrected chi connectivity index (χ1v) is 10.9. The van der Waals surface area contributed by atoms with Gasteiger partial charge in [0.1, 0.15) is 6.33 Å². The van der Waals surface area contributed by atoms with Crippen molar-refractivity contribution in [1.29, 1.82) is 0 Å². The molecule has 0 bridgehead atoms. The summed E-state index contributed by atoms with van der Waals surface area (Å²) >= 11 is 1.52. The average Bonchev–Trinajstić information content (AvgIpc) is 3.41. The lowest BCUT2D eigenvalue weighted by Crippen LogP contribution is -2.27. The molecule has 4 rings (SSSR count). The Morgan fingerprint density at radius 2 is 1.84 bits per heavy atom. The molecule has 0 aliphatic heterocycles. The van der Waals surface area contributed by atoms with Crippen LogP contribution in [0.1, 0.15) is 32.9 Å². The number of benzene rings is 2. The normalized spacial score (nSPS) is 10.9. The summed E-state index contributed by atoms with van der Waals surface area (Å²) in [5.41, 5.74) is 5.70. The standard InChI is InChI=1S/C23H24N6OS/c1-16-21(17(2)29(27-16)19-10-5-4-6-11-19)13-28(3)22(30)20-12-8-7-9-18(20)14-31-23-24-15-25-26-23/h4-12,15H,13-14H2,1-3H3,(H,24,25,26). The molecule has 2 heterocycles. The van der Waals surface area contributed by atoms with E-state index in [4.69, 9.17) is 5.10 Å². The van der Waals surface area contributed by atoms with Crippen molar-refractivity contribution in [2.75, 3.05) is 7.05 Å². The molecule has 7 nitrogen and oxygen atoms in total. The van der Waals surface area contributed by atoms with E-state index in [0.29, 0.717) is 17.9 Å². The molecule has 158 valence electrons. The third kappa shape index (κ3) is 4.54. The van der Waals surface area contributed by atoms with E-state index in [-0.39, 0.29) is 5.91 Å². The Morgan fingerprint density at radius 1 is 1.10 bits per heavy atom. The van der Waals surface area contributed by atoms with E-state index in [0.717, 1.165) is 33.4 Å². The average molecular weight is 433 g/mol. The monoisotopic (exact) mass is 432 g/mol. The van der Waals surface area contributed by atoms with Gasteiger partial charge >= 0.3 is 0 Å². The Balaban J connectivity index is 1.53. The SMILES string of the molecule is Cc1nn(-c2ccccc2)c(C)c1CN(C)C(=O)c1ccccc1CSc1ncn[nH]1. The van der Waals surface area contributed by atoms with Crippen molar-refractivity contribution in [2.45, 2.75) is 31.3 Å². The van der Waals surface area contributed by atoms with E-state index in [1.807, 2.05) is 80.2 Å². The fraction of sp³-hybridized carbons (Fsp3) is 0.217. The molecular weight excluding hydrogens is 408 g/mol. The molecule has 1 N–H and O–H groups in total. The third-order valence-corrected chi connectivity index (χ3v) is 6.11. The largest absolute Gasteiger partial charge is 0.337 e. The molecule has 0 aliphatic rings. The highest BCUT2D eigenvalue weighted by molar-refractivity contribution is 7.98. The maximum atomic E-state index is 13.3. The highest BCUT2D eigenvalue weighted by Crippen LogP contribution is 2.24. The number of H-pyrrole nitrogens is 1. The Labute approximate surface area is 185 Å². The number of carbonyl (C=O) groups is 1. The molecule has 0 unspecified atom stereocenters. The quantitative estimate of drug-likeness (QED) is 0.443. The summed E-state index contributed by atoms with van der Waals surface area (Å²) in [5, 5.41) is 12.1. The second-order valence-electron chi connectivity index (χ2n) is 7.29. The minimum Gasteiger partial charge on any atom is -0.337 e. The molecule has 2 aromatic heterocycles. The highest BCUT2D eigenvalue weighted by Gasteiger charge is 2.20. The number of thioether (sulfide) groups is 1. The van der Waals surface area contributed by atoms with Crippen molar-refractivity contribution >= 4 is 17.7 Å². The molecule has 0 fully saturated rings. The van der Waals surface area contributed by atoms with Crippen LogP contribution in [0.4, 0.5) is 0 Å². The molecule has 0 aliphatic carbocycles. The summed E-state index contributed by atoms with van der Waals surface area (Å²) in [6, 6.07) is 17.7. The maximum Gasteiger partial charge on any atom is 0.254 e. The number of hydrogen-bond donors (Lipinski definition) is 1. The zero-order chi connectivity index (χ0) is 21.8. The van der Waals surface area contributed by atoms with Crippen LogP contribution in [0.25, 0.3) is 5.69 Å². The first-order valence-electron chi connectivity index (χ1n) is 9.96. The Hall–Kier alpha value is -3.39. The number of para-hydroxylation sites is 1. The van der Waals surface area contributed by atoms with Gasteiger partial charge in [0.2, 0.25) is 0 Å². The molecule has 0 saturated heterocycles. The number of carbonyl (C=O) groups excluding carboxylic acids is 1. The number of nitrogens with zero attached hydrogens (tertiary/aromatic N) is 5. The molecule has 2 aromatic carbocycles. The van der Waals surface area contributed by atoms with Crippen LogP contribution in [-0.4, -0.2) is 42.8 Å². The van der Waals surface area contributed by atoms with Gasteiger partial charge in [-0.25, -0.2) is 9.67 Å². The van der Waals surface area contributed by atoms with Crippen molar-refractivity contribution in [1.82, 2.24) is 29.9 Å². The second kappa shape index (κ2) is 9.18. The summed E-state index contributed by atoms with van der Waals surface area (Å²) in [5.74, 6) is 0.620. The minimum atomic E-state index is -0.0139. The molecule has 31 heavy (non-hydrogen) atoms. The van der Waals surface area contributed by atoms with E-state index in [1.165, 1.54) is 18.1 Å². The number of rotatable bonds is 7. The van der Waals surface area contributed by atoms with Crippen LogP contribution in [0.5, 0.6) is 0 Å². The van der Waals surface area contributed by atoms with E-state index >= 15 is 0 Å². The van der Waals surface area contributed by atoms with Crippen molar-refractivity contribution < 1.29 is 4.79 Å². The molecule has 0 radical (unpaired) electrons. The van der Waals surface area contributed by atoms with E-state index in [9.17, 15) is 4.79 Å². The first kappa shape index (κ1) is 20.9. The van der Waals surface area contributed by atoms with Crippen LogP contribution in [0.15, 0.2) is 66.1 Å². The fourth-order valence-electron chi connectivity index (χ4n) is 3.50. The van der Waals surface area contributed by atoms with Gasteiger partial charge in [0.15, 0.2) is 5.16 Å². The molecule has 0 saturated carbocycles. The summed E-state index contributed by atoms with van der Waals surface area (Å²) in [4.78, 5) is 19.2. The molecule has 0 spiro atoms. The van der Waals surface area contributed by atoms with E-state index in [1.54, 1.807) is 4.90 Å². The fourth-order valence-corrected chi connectivity index (χ4v) is 4.29. The summed E-state index contributed by atoms with van der Waals surface area (Å²) in [7, 11) is 1.83. The van der Waals surface area contributed by atoms with Gasteiger partial charge in [0.25, 0.3) is 5.91 Å². The highest BCUT2D eigenvalue weighted by atomic mass is 32.2. The minimum absolute atomic E-state index is 0.0139. The van der Waals surface area contributed by atoms with E-state index in [2.05, 4.69) is 15.2 Å². The molecular formula is C23H24N6OS. The predicted molar refractivity (Wildman–Crippen MR) is 121 cm³/mol. The maximum absolute atomic E-state index is 13.3. The van der Waals surface area contributed by atoms with Gasteiger partial charge in [0.05, 0.1) is 11.4 Å². The van der Waals surface area contributed by atoms with Crippen molar-refractivity contribution in [2.24, 2.45) is 0 Å². The van der Waals surface area contributed by atoms with Crippen LogP contribution in [0.2, 0.25) is 0 Å². The van der Waals surface area contributed by atoms with Gasteiger partial charge in [-0.15, -0.1) is 0 Å². The van der Waals surface area contributed by atoms with Gasteiger partial charge in [0, 0.05) is 36.2 Å². The lowest BCUT2D eigenvalue weighted by atomic mass is 10.1. The van der Waals surface area contributed by atoms with Crippen LogP contribution in [0.3, 0.4) is 0 Å². The van der Waals surface area contributed by atoms with Gasteiger partial charge in [-0.05, 0) is 37.6 Å². The summed E-state index contributed by atoms with van der Waals surface area (Å²) in [6.07, 6.45) is 1.48. The van der Waals surface area contributed by atoms with Gasteiger partial charge in [-0.1, -0.05) is 48.2 Å². The Bertz CT molecular complexity index is 1170. The third-order valence-electron chi connectivity index (χ3n) is 5.19. The van der Waals surface area contributed by atoms with Crippen LogP contribution in [-0.2, 0) is 12.3 Å². The smallest absolute Gasteiger partial charge is 0.254 e. The lowest BCUT2D eigenvalue weighted by molar-refractivity contribution is 0.0784. The summed E-state index contributed by atoms with van der Waals surface area (Å²) in [6.45, 7) is 4.53. The van der Waals surface area contributed by atoms with Gasteiger partial charge in [-0.3, -0.25) is 9.89 Å². The number of aromatic nitrogens is 5. The molecule has 8 heteroatoms. The van der Waals surface area contributed by atoms with Crippen molar-refractivity contribution in [3.8, 4) is 5.69 Å². The molecule has 1 amide bonds. The second-order valence-corrected chi connectivity index (χ2v) is 8.26. The number of aromatic amines is 1. The van der Waals surface area contributed by atoms with Crippen LogP contribution < -0.4 is 0 Å². The zero-order valence-corrected chi connectivity index (χ0v) is 18.6. The summed E-state index contributed by atoms with van der Waals surface area (Å²) < 4.78 is 1.94. The number of nitrogens with one attached hydrogen (secondary N) is 1. The van der Waals surface area contributed by atoms with Gasteiger partial charge < -0.3 is 4.90 Å². The van der Waals surface area contributed by atoms with Gasteiger partial charge in [-0.2, -0.15) is 10.2 Å². The first-order chi connectivity index (χ1) is 15.0. The van der Waals surface area contributed by atoms with Crippen LogP contribution in [0, 0.1) is 13.8 Å². The van der Waals surface area contributed by atoms with Crippen molar-refractivity contribution in [3.05, 3.63) is 89.0 Å². The molecule has 4 aromatic rings. The number of amides is 1.